The minimum Gasteiger partial charge on any atom is -0.377 e. The van der Waals surface area contributed by atoms with Crippen LogP contribution in [0.1, 0.15) is 38.5 Å². The van der Waals surface area contributed by atoms with Gasteiger partial charge in [0.1, 0.15) is 0 Å². The Balaban J connectivity index is 1.59. The van der Waals surface area contributed by atoms with Crippen LogP contribution in [0.4, 0.5) is 0 Å². The van der Waals surface area contributed by atoms with Crippen LogP contribution in [0.3, 0.4) is 0 Å². The lowest BCUT2D eigenvalue weighted by Crippen LogP contribution is -2.49. The standard InChI is InChI=1S/C14H26N2O/c15-8-13(14-2-1-7-17-14)16(9-11-3-4-11)10-12-5-6-12/h11-14H,1-10,15H2. The highest BCUT2D eigenvalue weighted by Gasteiger charge is 2.36. The second-order valence-electron chi connectivity index (χ2n) is 6.20. The molecule has 0 aromatic rings. The molecule has 0 aromatic carbocycles. The molecule has 0 aromatic heterocycles. The van der Waals surface area contributed by atoms with Gasteiger partial charge in [-0.3, -0.25) is 4.90 Å². The van der Waals surface area contributed by atoms with Crippen LogP contribution in [-0.4, -0.2) is 43.3 Å². The highest BCUT2D eigenvalue weighted by atomic mass is 16.5. The lowest BCUT2D eigenvalue weighted by atomic mass is 10.1. The molecule has 1 saturated heterocycles. The molecule has 3 fully saturated rings. The third-order valence-electron chi connectivity index (χ3n) is 4.48. The van der Waals surface area contributed by atoms with Crippen LogP contribution < -0.4 is 5.73 Å². The van der Waals surface area contributed by atoms with Gasteiger partial charge < -0.3 is 10.5 Å². The maximum Gasteiger partial charge on any atom is 0.0743 e. The van der Waals surface area contributed by atoms with Crippen molar-refractivity contribution in [2.75, 3.05) is 26.2 Å². The van der Waals surface area contributed by atoms with Gasteiger partial charge in [0, 0.05) is 32.3 Å². The summed E-state index contributed by atoms with van der Waals surface area (Å²) >= 11 is 0. The van der Waals surface area contributed by atoms with Gasteiger partial charge in [0.25, 0.3) is 0 Å². The number of hydrogen-bond donors (Lipinski definition) is 1. The molecule has 2 saturated carbocycles. The summed E-state index contributed by atoms with van der Waals surface area (Å²) in [6.45, 7) is 4.27. The Kier molecular flexibility index (Phi) is 3.69. The third kappa shape index (κ3) is 3.21. The molecule has 0 bridgehead atoms. The average Bonchev–Trinajstić information content (AvgIpc) is 3.24. The molecule has 2 atom stereocenters. The van der Waals surface area contributed by atoms with Crippen molar-refractivity contribution in [3.8, 4) is 0 Å². The molecule has 0 radical (unpaired) electrons. The molecule has 3 aliphatic rings. The van der Waals surface area contributed by atoms with E-state index in [4.69, 9.17) is 10.5 Å². The van der Waals surface area contributed by atoms with Crippen molar-refractivity contribution in [3.05, 3.63) is 0 Å². The summed E-state index contributed by atoms with van der Waals surface area (Å²) in [5, 5.41) is 0. The van der Waals surface area contributed by atoms with E-state index in [0.717, 1.165) is 25.0 Å². The first-order valence-corrected chi connectivity index (χ1v) is 7.42. The molecule has 1 aliphatic heterocycles. The fraction of sp³-hybridized carbons (Fsp3) is 1.00. The minimum absolute atomic E-state index is 0.414. The van der Waals surface area contributed by atoms with E-state index in [1.165, 1.54) is 51.6 Å². The van der Waals surface area contributed by atoms with Gasteiger partial charge in [-0.2, -0.15) is 0 Å². The van der Waals surface area contributed by atoms with E-state index in [9.17, 15) is 0 Å². The Morgan fingerprint density at radius 1 is 1.06 bits per heavy atom. The summed E-state index contributed by atoms with van der Waals surface area (Å²) in [6, 6.07) is 0.485. The summed E-state index contributed by atoms with van der Waals surface area (Å²) in [7, 11) is 0. The molecule has 17 heavy (non-hydrogen) atoms. The summed E-state index contributed by atoms with van der Waals surface area (Å²) < 4.78 is 5.87. The van der Waals surface area contributed by atoms with Crippen LogP contribution in [0.15, 0.2) is 0 Å². The molecule has 3 nitrogen and oxygen atoms in total. The molecule has 2 N–H and O–H groups in total. The molecule has 3 rings (SSSR count). The fourth-order valence-corrected chi connectivity index (χ4v) is 3.05. The van der Waals surface area contributed by atoms with Gasteiger partial charge in [-0.25, -0.2) is 0 Å². The number of hydrogen-bond acceptors (Lipinski definition) is 3. The first-order chi connectivity index (χ1) is 8.36. The van der Waals surface area contributed by atoms with Crippen molar-refractivity contribution in [2.24, 2.45) is 17.6 Å². The molecule has 3 heteroatoms. The molecule has 0 amide bonds. The second kappa shape index (κ2) is 5.25. The molecule has 1 heterocycles. The quantitative estimate of drug-likeness (QED) is 0.732. The number of nitrogens with two attached hydrogens (primary N) is 1. The molecular weight excluding hydrogens is 212 g/mol. The van der Waals surface area contributed by atoms with E-state index in [0.29, 0.717) is 12.1 Å². The SMILES string of the molecule is NCC(C1CCCO1)N(CC1CC1)CC1CC1. The number of rotatable bonds is 7. The second-order valence-corrected chi connectivity index (χ2v) is 6.20. The highest BCUT2D eigenvalue weighted by molar-refractivity contribution is 4.90. The predicted octanol–water partition coefficient (Wildman–Crippen LogP) is 1.61. The van der Waals surface area contributed by atoms with Crippen molar-refractivity contribution >= 4 is 0 Å². The largest absolute Gasteiger partial charge is 0.377 e. The van der Waals surface area contributed by atoms with E-state index >= 15 is 0 Å². The highest BCUT2D eigenvalue weighted by Crippen LogP contribution is 2.35. The first-order valence-electron chi connectivity index (χ1n) is 7.42. The van der Waals surface area contributed by atoms with Crippen molar-refractivity contribution in [2.45, 2.75) is 50.7 Å². The Hall–Kier alpha value is -0.120. The summed E-state index contributed by atoms with van der Waals surface area (Å²) in [5.74, 6) is 1.92. The van der Waals surface area contributed by atoms with Crippen LogP contribution in [0, 0.1) is 11.8 Å². The Morgan fingerprint density at radius 2 is 1.71 bits per heavy atom. The van der Waals surface area contributed by atoms with Gasteiger partial charge in [0.2, 0.25) is 0 Å². The van der Waals surface area contributed by atoms with Crippen molar-refractivity contribution in [1.29, 1.82) is 0 Å². The normalized spacial score (nSPS) is 31.1. The van der Waals surface area contributed by atoms with Crippen LogP contribution in [-0.2, 0) is 4.74 Å². The average molecular weight is 238 g/mol. The molecule has 98 valence electrons. The monoisotopic (exact) mass is 238 g/mol. The number of ether oxygens (including phenoxy) is 1. The lowest BCUT2D eigenvalue weighted by Gasteiger charge is -2.34. The van der Waals surface area contributed by atoms with E-state index in [2.05, 4.69) is 4.90 Å². The topological polar surface area (TPSA) is 38.5 Å². The fourth-order valence-electron chi connectivity index (χ4n) is 3.05. The van der Waals surface area contributed by atoms with Crippen LogP contribution in [0.2, 0.25) is 0 Å². The Morgan fingerprint density at radius 3 is 2.12 bits per heavy atom. The lowest BCUT2D eigenvalue weighted by molar-refractivity contribution is 0.0232. The number of nitrogens with zero attached hydrogens (tertiary/aromatic N) is 1. The van der Waals surface area contributed by atoms with Crippen molar-refractivity contribution < 1.29 is 4.74 Å². The molecule has 0 spiro atoms. The van der Waals surface area contributed by atoms with E-state index < -0.39 is 0 Å². The van der Waals surface area contributed by atoms with Gasteiger partial charge in [-0.1, -0.05) is 0 Å². The van der Waals surface area contributed by atoms with Gasteiger partial charge in [-0.05, 0) is 50.4 Å². The maximum atomic E-state index is 6.02. The summed E-state index contributed by atoms with van der Waals surface area (Å²) in [5.41, 5.74) is 6.02. The zero-order valence-corrected chi connectivity index (χ0v) is 10.8. The maximum absolute atomic E-state index is 6.02. The van der Waals surface area contributed by atoms with Gasteiger partial charge in [-0.15, -0.1) is 0 Å². The Bertz CT molecular complexity index is 231. The van der Waals surface area contributed by atoms with E-state index in [1.54, 1.807) is 0 Å². The Labute approximate surface area is 105 Å². The van der Waals surface area contributed by atoms with Crippen molar-refractivity contribution in [3.63, 3.8) is 0 Å². The van der Waals surface area contributed by atoms with Crippen LogP contribution >= 0.6 is 0 Å². The predicted molar refractivity (Wildman–Crippen MR) is 68.8 cm³/mol. The van der Waals surface area contributed by atoms with Gasteiger partial charge in [0.15, 0.2) is 0 Å². The summed E-state index contributed by atoms with van der Waals surface area (Å²) in [6.07, 6.45) is 8.59. The minimum atomic E-state index is 0.414. The first kappa shape index (κ1) is 11.9. The zero-order chi connectivity index (χ0) is 11.7. The summed E-state index contributed by atoms with van der Waals surface area (Å²) in [4.78, 5) is 2.67. The van der Waals surface area contributed by atoms with Gasteiger partial charge >= 0.3 is 0 Å². The van der Waals surface area contributed by atoms with Gasteiger partial charge in [0.05, 0.1) is 6.10 Å². The third-order valence-corrected chi connectivity index (χ3v) is 4.48. The molecule has 2 aliphatic carbocycles. The van der Waals surface area contributed by atoms with Crippen molar-refractivity contribution in [1.82, 2.24) is 4.90 Å². The van der Waals surface area contributed by atoms with E-state index in [1.807, 2.05) is 0 Å². The molecular formula is C14H26N2O. The molecule has 2 unspecified atom stereocenters. The van der Waals surface area contributed by atoms with Crippen LogP contribution in [0.25, 0.3) is 0 Å². The smallest absolute Gasteiger partial charge is 0.0743 e. The van der Waals surface area contributed by atoms with E-state index in [-0.39, 0.29) is 0 Å². The van der Waals surface area contributed by atoms with Crippen LogP contribution in [0.5, 0.6) is 0 Å². The zero-order valence-electron chi connectivity index (χ0n) is 10.8.